The van der Waals surface area contributed by atoms with Gasteiger partial charge in [0.15, 0.2) is 15.9 Å². The molecule has 7 heteroatoms. The summed E-state index contributed by atoms with van der Waals surface area (Å²) in [5.41, 5.74) is 0.716. The van der Waals surface area contributed by atoms with E-state index >= 15 is 0 Å². The maximum absolute atomic E-state index is 12.1. The zero-order valence-electron chi connectivity index (χ0n) is 13.8. The van der Waals surface area contributed by atoms with E-state index in [1.54, 1.807) is 12.1 Å². The van der Waals surface area contributed by atoms with E-state index in [-0.39, 0.29) is 17.2 Å². The average Bonchev–Trinajstić information content (AvgIpc) is 2.42. The van der Waals surface area contributed by atoms with Crippen LogP contribution in [0, 0.1) is 5.92 Å². The van der Waals surface area contributed by atoms with Crippen molar-refractivity contribution < 1.29 is 22.7 Å². The second-order valence-corrected chi connectivity index (χ2v) is 8.10. The van der Waals surface area contributed by atoms with Gasteiger partial charge in [0.05, 0.1) is 11.3 Å². The minimum absolute atomic E-state index is 0.154. The van der Waals surface area contributed by atoms with E-state index in [0.717, 1.165) is 6.26 Å². The van der Waals surface area contributed by atoms with E-state index in [1.165, 1.54) is 19.1 Å². The van der Waals surface area contributed by atoms with Crippen molar-refractivity contribution >= 4 is 21.7 Å². The van der Waals surface area contributed by atoms with Crippen LogP contribution >= 0.6 is 0 Å². The molecule has 0 saturated carbocycles. The highest BCUT2D eigenvalue weighted by atomic mass is 32.2. The first kappa shape index (κ1) is 19.2. The standard InChI is InChI=1S/C16H23NO5S/c1-11(2)9-17-15(18)12(3)22-16(19)14-7-5-6-13(8-14)10-23(4,20)21/h5-8,11-12H,9-10H2,1-4H3,(H,17,18). The largest absolute Gasteiger partial charge is 0.449 e. The van der Waals surface area contributed by atoms with Crippen molar-refractivity contribution in [2.45, 2.75) is 32.6 Å². The molecule has 0 aliphatic carbocycles. The van der Waals surface area contributed by atoms with Gasteiger partial charge in [-0.3, -0.25) is 4.79 Å². The number of hydrogen-bond donors (Lipinski definition) is 1. The summed E-state index contributed by atoms with van der Waals surface area (Å²) in [6, 6.07) is 6.19. The smallest absolute Gasteiger partial charge is 0.338 e. The van der Waals surface area contributed by atoms with Gasteiger partial charge in [-0.1, -0.05) is 26.0 Å². The predicted molar refractivity (Wildman–Crippen MR) is 87.7 cm³/mol. The Balaban J connectivity index is 2.71. The Hall–Kier alpha value is -1.89. The Morgan fingerprint density at radius 3 is 2.43 bits per heavy atom. The second kappa shape index (κ2) is 8.10. The van der Waals surface area contributed by atoms with Crippen LogP contribution in [-0.4, -0.2) is 39.2 Å². The molecule has 23 heavy (non-hydrogen) atoms. The van der Waals surface area contributed by atoms with E-state index in [4.69, 9.17) is 4.74 Å². The number of rotatable bonds is 7. The number of amides is 1. The quantitative estimate of drug-likeness (QED) is 0.760. The Morgan fingerprint density at radius 2 is 1.87 bits per heavy atom. The van der Waals surface area contributed by atoms with Crippen LogP contribution in [0.25, 0.3) is 0 Å². The summed E-state index contributed by atoms with van der Waals surface area (Å²) >= 11 is 0. The first-order valence-corrected chi connectivity index (χ1v) is 9.40. The molecule has 1 aromatic carbocycles. The summed E-state index contributed by atoms with van der Waals surface area (Å²) in [4.78, 5) is 23.9. The van der Waals surface area contributed by atoms with Crippen LogP contribution in [-0.2, 0) is 25.1 Å². The molecule has 0 aliphatic rings. The third-order valence-electron chi connectivity index (χ3n) is 2.93. The van der Waals surface area contributed by atoms with Crippen molar-refractivity contribution in [3.05, 3.63) is 35.4 Å². The van der Waals surface area contributed by atoms with Crippen molar-refractivity contribution in [1.82, 2.24) is 5.32 Å². The maximum atomic E-state index is 12.1. The van der Waals surface area contributed by atoms with Gasteiger partial charge in [-0.15, -0.1) is 0 Å². The topological polar surface area (TPSA) is 89.5 Å². The van der Waals surface area contributed by atoms with Gasteiger partial charge in [-0.05, 0) is 30.5 Å². The highest BCUT2D eigenvalue weighted by Crippen LogP contribution is 2.11. The lowest BCUT2D eigenvalue weighted by Crippen LogP contribution is -2.37. The van der Waals surface area contributed by atoms with E-state index < -0.39 is 21.9 Å². The monoisotopic (exact) mass is 341 g/mol. The van der Waals surface area contributed by atoms with E-state index in [0.29, 0.717) is 18.0 Å². The van der Waals surface area contributed by atoms with Crippen LogP contribution in [0.3, 0.4) is 0 Å². The van der Waals surface area contributed by atoms with Crippen LogP contribution in [0.4, 0.5) is 0 Å². The van der Waals surface area contributed by atoms with Crippen LogP contribution in [0.2, 0.25) is 0 Å². The molecule has 0 fully saturated rings. The summed E-state index contributed by atoms with van der Waals surface area (Å²) < 4.78 is 27.7. The summed E-state index contributed by atoms with van der Waals surface area (Å²) in [7, 11) is -3.19. The zero-order chi connectivity index (χ0) is 17.6. The number of carbonyl (C=O) groups is 2. The Morgan fingerprint density at radius 1 is 1.22 bits per heavy atom. The Bertz CT molecular complexity index is 667. The van der Waals surface area contributed by atoms with Gasteiger partial charge in [0, 0.05) is 12.8 Å². The zero-order valence-corrected chi connectivity index (χ0v) is 14.6. The van der Waals surface area contributed by atoms with Crippen molar-refractivity contribution in [3.63, 3.8) is 0 Å². The Kier molecular flexibility index (Phi) is 6.75. The van der Waals surface area contributed by atoms with Gasteiger partial charge in [0.2, 0.25) is 0 Å². The molecule has 1 aromatic rings. The Labute approximate surface area is 137 Å². The molecule has 0 aromatic heterocycles. The normalized spacial score (nSPS) is 12.7. The number of esters is 1. The van der Waals surface area contributed by atoms with E-state index in [1.807, 2.05) is 13.8 Å². The van der Waals surface area contributed by atoms with Gasteiger partial charge in [0.1, 0.15) is 0 Å². The molecule has 1 unspecified atom stereocenters. The highest BCUT2D eigenvalue weighted by molar-refractivity contribution is 7.89. The minimum atomic E-state index is -3.19. The molecule has 1 amide bonds. The highest BCUT2D eigenvalue weighted by Gasteiger charge is 2.19. The summed E-state index contributed by atoms with van der Waals surface area (Å²) in [5, 5.41) is 2.69. The fourth-order valence-corrected chi connectivity index (χ4v) is 2.61. The lowest BCUT2D eigenvalue weighted by atomic mass is 10.1. The molecule has 1 rings (SSSR count). The molecule has 0 spiro atoms. The molecule has 0 aliphatic heterocycles. The van der Waals surface area contributed by atoms with E-state index in [2.05, 4.69) is 5.32 Å². The second-order valence-electron chi connectivity index (χ2n) is 5.96. The van der Waals surface area contributed by atoms with Gasteiger partial charge in [0.25, 0.3) is 5.91 Å². The van der Waals surface area contributed by atoms with Gasteiger partial charge in [-0.2, -0.15) is 0 Å². The first-order valence-electron chi connectivity index (χ1n) is 7.34. The lowest BCUT2D eigenvalue weighted by Gasteiger charge is -2.14. The summed E-state index contributed by atoms with van der Waals surface area (Å²) in [6.45, 7) is 5.92. The fourth-order valence-electron chi connectivity index (χ4n) is 1.82. The molecule has 0 radical (unpaired) electrons. The molecule has 1 N–H and O–H groups in total. The third-order valence-corrected chi connectivity index (χ3v) is 3.79. The number of sulfone groups is 1. The molecule has 1 atom stereocenters. The summed E-state index contributed by atoms with van der Waals surface area (Å²) in [6.07, 6.45) is 0.207. The van der Waals surface area contributed by atoms with E-state index in [9.17, 15) is 18.0 Å². The number of hydrogen-bond acceptors (Lipinski definition) is 5. The maximum Gasteiger partial charge on any atom is 0.338 e. The fraction of sp³-hybridized carbons (Fsp3) is 0.500. The predicted octanol–water partition coefficient (Wildman–Crippen LogP) is 1.55. The van der Waals surface area contributed by atoms with Crippen LogP contribution < -0.4 is 5.32 Å². The van der Waals surface area contributed by atoms with Crippen molar-refractivity contribution in [1.29, 1.82) is 0 Å². The van der Waals surface area contributed by atoms with Gasteiger partial charge in [-0.25, -0.2) is 13.2 Å². The number of nitrogens with one attached hydrogen (secondary N) is 1. The molecule has 0 bridgehead atoms. The summed E-state index contributed by atoms with van der Waals surface area (Å²) in [5.74, 6) is -0.875. The first-order chi connectivity index (χ1) is 10.6. The lowest BCUT2D eigenvalue weighted by molar-refractivity contribution is -0.129. The molecule has 128 valence electrons. The molecule has 0 heterocycles. The molecule has 6 nitrogen and oxygen atoms in total. The van der Waals surface area contributed by atoms with Gasteiger partial charge < -0.3 is 10.1 Å². The number of carbonyl (C=O) groups excluding carboxylic acids is 2. The molecular formula is C16H23NO5S. The van der Waals surface area contributed by atoms with Crippen LogP contribution in [0.15, 0.2) is 24.3 Å². The average molecular weight is 341 g/mol. The molecule has 0 saturated heterocycles. The van der Waals surface area contributed by atoms with Crippen molar-refractivity contribution in [2.24, 2.45) is 5.92 Å². The van der Waals surface area contributed by atoms with Crippen molar-refractivity contribution in [2.75, 3.05) is 12.8 Å². The van der Waals surface area contributed by atoms with Gasteiger partial charge >= 0.3 is 5.97 Å². The third kappa shape index (κ3) is 7.27. The van der Waals surface area contributed by atoms with Crippen LogP contribution in [0.1, 0.15) is 36.7 Å². The van der Waals surface area contributed by atoms with Crippen molar-refractivity contribution in [3.8, 4) is 0 Å². The molecular weight excluding hydrogens is 318 g/mol. The number of ether oxygens (including phenoxy) is 1. The SMILES string of the molecule is CC(C)CNC(=O)C(C)OC(=O)c1cccc(CS(C)(=O)=O)c1. The van der Waals surface area contributed by atoms with Crippen LogP contribution in [0.5, 0.6) is 0 Å². The minimum Gasteiger partial charge on any atom is -0.449 e. The number of benzene rings is 1.